The first-order valence-electron chi connectivity index (χ1n) is 9.29. The molecule has 0 N–H and O–H groups in total. The van der Waals surface area contributed by atoms with Gasteiger partial charge in [0.25, 0.3) is 0 Å². The summed E-state index contributed by atoms with van der Waals surface area (Å²) in [4.78, 5) is 22.4. The largest absolute Gasteiger partial charge is 0.545 e. The maximum absolute atomic E-state index is 11.9. The van der Waals surface area contributed by atoms with Gasteiger partial charge in [0.2, 0.25) is 0 Å². The van der Waals surface area contributed by atoms with E-state index in [9.17, 15) is 14.7 Å². The highest BCUT2D eigenvalue weighted by Crippen LogP contribution is 2.59. The van der Waals surface area contributed by atoms with Crippen LogP contribution in [0.4, 0.5) is 0 Å². The van der Waals surface area contributed by atoms with Crippen LogP contribution >= 0.6 is 0 Å². The lowest BCUT2D eigenvalue weighted by molar-refractivity contribution is -0.297. The van der Waals surface area contributed by atoms with Crippen molar-refractivity contribution in [3.05, 3.63) is 23.8 Å². The second kappa shape index (κ2) is 7.37. The van der Waals surface area contributed by atoms with Crippen LogP contribution in [0.3, 0.4) is 0 Å². The van der Waals surface area contributed by atoms with Gasteiger partial charge in [0, 0.05) is 13.2 Å². The van der Waals surface area contributed by atoms with E-state index in [1.807, 2.05) is 0 Å². The van der Waals surface area contributed by atoms with Crippen molar-refractivity contribution < 1.29 is 33.6 Å². The van der Waals surface area contributed by atoms with E-state index >= 15 is 0 Å². The summed E-state index contributed by atoms with van der Waals surface area (Å²) in [6.45, 7) is 6.83. The Morgan fingerprint density at radius 3 is 2.56 bits per heavy atom. The number of allylic oxidation sites excluding steroid dienone is 1. The molecule has 0 bridgehead atoms. The molecule has 7 nitrogen and oxygen atoms in total. The van der Waals surface area contributed by atoms with Crippen molar-refractivity contribution in [3.8, 4) is 0 Å². The van der Waals surface area contributed by atoms with Crippen LogP contribution in [0.2, 0.25) is 0 Å². The third kappa shape index (κ3) is 4.10. The van der Waals surface area contributed by atoms with Crippen LogP contribution < -0.4 is 5.11 Å². The molecule has 6 atom stereocenters. The molecule has 7 heteroatoms. The second-order valence-corrected chi connectivity index (χ2v) is 8.01. The predicted molar refractivity (Wildman–Crippen MR) is 93.6 cm³/mol. The van der Waals surface area contributed by atoms with E-state index in [2.05, 4.69) is 26.8 Å². The van der Waals surface area contributed by atoms with Crippen LogP contribution in [-0.4, -0.2) is 55.2 Å². The standard InChI is InChI=1S/C20H28O7/c1-12(2)5-6-14-19(3,27-14)18-17(24-4)13(9-10-20(18)11-25-20)26-16(23)8-7-15(21)22/h5,7-8,13-14,17-18H,6,9-11H2,1-4H3,(H,21,22)/p-1/b8-7+/t13?,14-,17-,18-,19?,20+/m1/s1. The molecule has 3 fully saturated rings. The first-order valence-corrected chi connectivity index (χ1v) is 9.29. The van der Waals surface area contributed by atoms with Crippen molar-refractivity contribution in [1.29, 1.82) is 0 Å². The Balaban J connectivity index is 1.74. The molecule has 150 valence electrons. The number of hydrogen-bond acceptors (Lipinski definition) is 7. The molecule has 0 amide bonds. The number of ether oxygens (including phenoxy) is 4. The maximum Gasteiger partial charge on any atom is 0.331 e. The van der Waals surface area contributed by atoms with Crippen LogP contribution in [-0.2, 0) is 28.5 Å². The van der Waals surface area contributed by atoms with Crippen LogP contribution in [0.1, 0.15) is 40.0 Å². The molecule has 2 aliphatic heterocycles. The third-order valence-corrected chi connectivity index (χ3v) is 5.86. The fourth-order valence-corrected chi connectivity index (χ4v) is 4.39. The highest BCUT2D eigenvalue weighted by atomic mass is 16.6. The minimum Gasteiger partial charge on any atom is -0.545 e. The zero-order valence-electron chi connectivity index (χ0n) is 16.2. The van der Waals surface area contributed by atoms with Gasteiger partial charge in [-0.25, -0.2) is 4.79 Å². The van der Waals surface area contributed by atoms with Gasteiger partial charge in [-0.15, -0.1) is 0 Å². The SMILES string of the molecule is CO[C@@H]1C(OC(=O)/C=C/C(=O)[O-])CC[C@]2(CO2)[C@H]1C1(C)O[C@@H]1CC=C(C)C. The Labute approximate surface area is 159 Å². The lowest BCUT2D eigenvalue weighted by Gasteiger charge is -2.42. The summed E-state index contributed by atoms with van der Waals surface area (Å²) in [6, 6.07) is 0. The van der Waals surface area contributed by atoms with Gasteiger partial charge in [0.15, 0.2) is 0 Å². The highest BCUT2D eigenvalue weighted by molar-refractivity contribution is 5.90. The predicted octanol–water partition coefficient (Wildman–Crippen LogP) is 0.912. The first-order chi connectivity index (χ1) is 12.7. The lowest BCUT2D eigenvalue weighted by atomic mass is 9.68. The Morgan fingerprint density at radius 2 is 2.00 bits per heavy atom. The normalized spacial score (nSPS) is 40.0. The molecule has 3 aliphatic rings. The van der Waals surface area contributed by atoms with Gasteiger partial charge in [0.1, 0.15) is 23.4 Å². The van der Waals surface area contributed by atoms with Crippen molar-refractivity contribution in [3.63, 3.8) is 0 Å². The summed E-state index contributed by atoms with van der Waals surface area (Å²) in [7, 11) is 1.59. The molecule has 0 aromatic carbocycles. The number of carboxylic acid groups (broad SMARTS) is 1. The van der Waals surface area contributed by atoms with Crippen molar-refractivity contribution in [2.75, 3.05) is 13.7 Å². The number of epoxide rings is 2. The molecular weight excluding hydrogens is 352 g/mol. The number of methoxy groups -OCH3 is 1. The number of carbonyl (C=O) groups is 2. The van der Waals surface area contributed by atoms with Crippen LogP contribution in [0, 0.1) is 5.92 Å². The maximum atomic E-state index is 11.9. The fraction of sp³-hybridized carbons (Fsp3) is 0.700. The minimum atomic E-state index is -1.44. The van der Waals surface area contributed by atoms with Gasteiger partial charge in [-0.3, -0.25) is 0 Å². The number of aliphatic carboxylic acids is 1. The Kier molecular flexibility index (Phi) is 5.47. The van der Waals surface area contributed by atoms with E-state index < -0.39 is 23.6 Å². The molecule has 0 aromatic heterocycles. The van der Waals surface area contributed by atoms with Crippen LogP contribution in [0.25, 0.3) is 0 Å². The van der Waals surface area contributed by atoms with Gasteiger partial charge >= 0.3 is 5.97 Å². The van der Waals surface area contributed by atoms with Crippen LogP contribution in [0.15, 0.2) is 23.8 Å². The van der Waals surface area contributed by atoms with E-state index in [4.69, 9.17) is 18.9 Å². The third-order valence-electron chi connectivity index (χ3n) is 5.86. The van der Waals surface area contributed by atoms with E-state index in [0.29, 0.717) is 19.1 Å². The lowest BCUT2D eigenvalue weighted by Crippen LogP contribution is -2.55. The fourth-order valence-electron chi connectivity index (χ4n) is 4.39. The number of rotatable bonds is 7. The summed E-state index contributed by atoms with van der Waals surface area (Å²) in [6.07, 6.45) is 5.04. The van der Waals surface area contributed by atoms with Gasteiger partial charge in [-0.05, 0) is 46.1 Å². The quantitative estimate of drug-likeness (QED) is 0.280. The van der Waals surface area contributed by atoms with E-state index in [0.717, 1.165) is 18.9 Å². The molecule has 0 aromatic rings. The Hall–Kier alpha value is -1.70. The zero-order chi connectivity index (χ0) is 19.8. The zero-order valence-corrected chi connectivity index (χ0v) is 16.2. The molecule has 2 unspecified atom stereocenters. The van der Waals surface area contributed by atoms with Crippen molar-refractivity contribution >= 4 is 11.9 Å². The van der Waals surface area contributed by atoms with Crippen LogP contribution in [0.5, 0.6) is 0 Å². The smallest absolute Gasteiger partial charge is 0.331 e. The minimum absolute atomic E-state index is 0.0674. The molecule has 2 heterocycles. The van der Waals surface area contributed by atoms with Gasteiger partial charge in [0.05, 0.1) is 24.6 Å². The van der Waals surface area contributed by atoms with Crippen molar-refractivity contribution in [2.45, 2.75) is 69.5 Å². The average Bonchev–Trinajstić information content (AvgIpc) is 3.50. The second-order valence-electron chi connectivity index (χ2n) is 8.01. The molecule has 0 radical (unpaired) electrons. The van der Waals surface area contributed by atoms with E-state index in [1.54, 1.807) is 7.11 Å². The number of esters is 1. The first kappa shape index (κ1) is 20.0. The summed E-state index contributed by atoms with van der Waals surface area (Å²) < 4.78 is 23.2. The summed E-state index contributed by atoms with van der Waals surface area (Å²) in [5.41, 5.74) is 0.539. The van der Waals surface area contributed by atoms with Gasteiger partial charge in [-0.1, -0.05) is 11.6 Å². The number of carboxylic acids is 1. The summed E-state index contributed by atoms with van der Waals surface area (Å²) in [5, 5.41) is 10.5. The monoisotopic (exact) mass is 379 g/mol. The van der Waals surface area contributed by atoms with Crippen molar-refractivity contribution in [1.82, 2.24) is 0 Å². The van der Waals surface area contributed by atoms with Gasteiger partial charge in [-0.2, -0.15) is 0 Å². The Bertz CT molecular complexity index is 659. The van der Waals surface area contributed by atoms with Gasteiger partial charge < -0.3 is 28.8 Å². The molecule has 3 rings (SSSR count). The van der Waals surface area contributed by atoms with E-state index in [1.165, 1.54) is 5.57 Å². The molecule has 27 heavy (non-hydrogen) atoms. The molecule has 1 saturated carbocycles. The molecular formula is C20H27O7-. The van der Waals surface area contributed by atoms with Crippen molar-refractivity contribution in [2.24, 2.45) is 5.92 Å². The Morgan fingerprint density at radius 1 is 1.30 bits per heavy atom. The summed E-state index contributed by atoms with van der Waals surface area (Å²) >= 11 is 0. The molecule has 1 spiro atoms. The number of carbonyl (C=O) groups excluding carboxylic acids is 2. The number of hydrogen-bond donors (Lipinski definition) is 0. The topological polar surface area (TPSA) is 101 Å². The average molecular weight is 379 g/mol. The molecule has 2 saturated heterocycles. The summed E-state index contributed by atoms with van der Waals surface area (Å²) in [5.74, 6) is -2.23. The molecule has 1 aliphatic carbocycles. The van der Waals surface area contributed by atoms with E-state index in [-0.39, 0.29) is 23.7 Å². The highest BCUT2D eigenvalue weighted by Gasteiger charge is 2.72.